The molecule has 0 radical (unpaired) electrons. The van der Waals surface area contributed by atoms with E-state index in [0.29, 0.717) is 11.3 Å². The molecule has 0 fully saturated rings. The van der Waals surface area contributed by atoms with Gasteiger partial charge in [-0.3, -0.25) is 4.79 Å². The van der Waals surface area contributed by atoms with Crippen LogP contribution in [0, 0.1) is 5.82 Å². The zero-order valence-corrected chi connectivity index (χ0v) is 11.0. The Morgan fingerprint density at radius 2 is 2.14 bits per heavy atom. The number of hydrogen-bond acceptors (Lipinski definition) is 2. The van der Waals surface area contributed by atoms with Crippen molar-refractivity contribution in [3.63, 3.8) is 0 Å². The van der Waals surface area contributed by atoms with Gasteiger partial charge in [0, 0.05) is 24.4 Å². The third-order valence-electron chi connectivity index (χ3n) is 2.77. The number of carboxylic acid groups (broad SMARTS) is 1. The molecule has 0 unspecified atom stereocenters. The van der Waals surface area contributed by atoms with Gasteiger partial charge < -0.3 is 15.4 Å². The molecule has 1 aromatic carbocycles. The van der Waals surface area contributed by atoms with Crippen molar-refractivity contribution in [3.8, 4) is 0 Å². The number of hydrogen-bond donors (Lipinski definition) is 3. The van der Waals surface area contributed by atoms with E-state index in [4.69, 9.17) is 5.11 Å². The fraction of sp³-hybridized carbons (Fsp3) is 0.0667. The van der Waals surface area contributed by atoms with Crippen LogP contribution in [0.1, 0.15) is 21.6 Å². The molecule has 0 spiro atoms. The third kappa shape index (κ3) is 4.04. The van der Waals surface area contributed by atoms with Gasteiger partial charge in [0.15, 0.2) is 0 Å². The Labute approximate surface area is 120 Å². The molecule has 5 nitrogen and oxygen atoms in total. The summed E-state index contributed by atoms with van der Waals surface area (Å²) in [5, 5.41) is 11.1. The van der Waals surface area contributed by atoms with Gasteiger partial charge in [0.25, 0.3) is 5.91 Å². The number of aromatic amines is 1. The maximum atomic E-state index is 13.7. The number of benzene rings is 1. The van der Waals surface area contributed by atoms with E-state index in [1.165, 1.54) is 24.3 Å². The van der Waals surface area contributed by atoms with Gasteiger partial charge in [-0.25, -0.2) is 9.18 Å². The summed E-state index contributed by atoms with van der Waals surface area (Å²) in [6.45, 7) is 0.0123. The van der Waals surface area contributed by atoms with Gasteiger partial charge in [0.05, 0.1) is 0 Å². The van der Waals surface area contributed by atoms with Crippen LogP contribution in [-0.4, -0.2) is 22.0 Å². The smallest absolute Gasteiger partial charge is 0.328 e. The van der Waals surface area contributed by atoms with Crippen LogP contribution in [0.2, 0.25) is 0 Å². The number of rotatable bonds is 5. The Hall–Kier alpha value is -2.89. The molecule has 6 heteroatoms. The van der Waals surface area contributed by atoms with Gasteiger partial charge in [-0.15, -0.1) is 0 Å². The molecule has 0 aliphatic carbocycles. The summed E-state index contributed by atoms with van der Waals surface area (Å²) < 4.78 is 13.7. The summed E-state index contributed by atoms with van der Waals surface area (Å²) in [6.07, 6.45) is 3.94. The van der Waals surface area contributed by atoms with Crippen LogP contribution in [0.4, 0.5) is 4.39 Å². The van der Waals surface area contributed by atoms with Crippen LogP contribution < -0.4 is 5.32 Å². The topological polar surface area (TPSA) is 82.2 Å². The molecular weight excluding hydrogens is 275 g/mol. The van der Waals surface area contributed by atoms with Gasteiger partial charge in [-0.2, -0.15) is 0 Å². The zero-order chi connectivity index (χ0) is 15.2. The summed E-state index contributed by atoms with van der Waals surface area (Å²) >= 11 is 0. The summed E-state index contributed by atoms with van der Waals surface area (Å²) in [5.74, 6) is -1.89. The number of H-pyrrole nitrogens is 1. The van der Waals surface area contributed by atoms with E-state index in [1.54, 1.807) is 18.3 Å². The van der Waals surface area contributed by atoms with Gasteiger partial charge in [0.2, 0.25) is 0 Å². The van der Waals surface area contributed by atoms with Gasteiger partial charge >= 0.3 is 5.97 Å². The highest BCUT2D eigenvalue weighted by molar-refractivity contribution is 5.92. The first-order valence-corrected chi connectivity index (χ1v) is 6.17. The predicted octanol–water partition coefficient (Wildman–Crippen LogP) is 2.18. The molecular formula is C15H13FN2O3. The van der Waals surface area contributed by atoms with E-state index < -0.39 is 11.8 Å². The molecule has 2 aromatic rings. The minimum absolute atomic E-state index is 0.0123. The molecule has 0 atom stereocenters. The van der Waals surface area contributed by atoms with Crippen LogP contribution in [0.15, 0.2) is 42.6 Å². The molecule has 0 aliphatic heterocycles. The van der Waals surface area contributed by atoms with Crippen LogP contribution in [0.5, 0.6) is 0 Å². The number of nitrogens with one attached hydrogen (secondary N) is 2. The Morgan fingerprint density at radius 3 is 2.81 bits per heavy atom. The van der Waals surface area contributed by atoms with Crippen LogP contribution in [0.3, 0.4) is 0 Å². The second-order valence-corrected chi connectivity index (χ2v) is 4.29. The van der Waals surface area contributed by atoms with Crippen molar-refractivity contribution in [2.24, 2.45) is 0 Å². The average Bonchev–Trinajstić information content (AvgIpc) is 2.98. The van der Waals surface area contributed by atoms with Crippen molar-refractivity contribution in [2.45, 2.75) is 6.54 Å². The molecule has 1 amide bonds. The first-order chi connectivity index (χ1) is 10.1. The number of carbonyl (C=O) groups excluding carboxylic acids is 1. The summed E-state index contributed by atoms with van der Waals surface area (Å²) in [4.78, 5) is 24.9. The number of aromatic nitrogens is 1. The van der Waals surface area contributed by atoms with E-state index in [1.807, 2.05) is 0 Å². The van der Waals surface area contributed by atoms with E-state index in [0.717, 1.165) is 6.08 Å². The van der Waals surface area contributed by atoms with Crippen molar-refractivity contribution in [1.29, 1.82) is 0 Å². The number of carbonyl (C=O) groups is 2. The Morgan fingerprint density at radius 1 is 1.33 bits per heavy atom. The largest absolute Gasteiger partial charge is 0.478 e. The Bertz CT molecular complexity index is 678. The van der Waals surface area contributed by atoms with Crippen molar-refractivity contribution < 1.29 is 19.1 Å². The third-order valence-corrected chi connectivity index (χ3v) is 2.77. The molecule has 0 bridgehead atoms. The second kappa shape index (κ2) is 6.51. The van der Waals surface area contributed by atoms with Crippen molar-refractivity contribution in [2.75, 3.05) is 0 Å². The highest BCUT2D eigenvalue weighted by atomic mass is 19.1. The Balaban J connectivity index is 2.07. The van der Waals surface area contributed by atoms with Crippen molar-refractivity contribution in [1.82, 2.24) is 10.3 Å². The average molecular weight is 288 g/mol. The predicted molar refractivity (Wildman–Crippen MR) is 75.0 cm³/mol. The lowest BCUT2D eigenvalue weighted by Gasteiger charge is -2.06. The van der Waals surface area contributed by atoms with Crippen LogP contribution >= 0.6 is 0 Å². The lowest BCUT2D eigenvalue weighted by molar-refractivity contribution is -0.131. The normalized spacial score (nSPS) is 10.7. The maximum Gasteiger partial charge on any atom is 0.328 e. The fourth-order valence-electron chi connectivity index (χ4n) is 1.74. The lowest BCUT2D eigenvalue weighted by Crippen LogP contribution is -2.23. The number of amides is 1. The molecule has 21 heavy (non-hydrogen) atoms. The first-order valence-electron chi connectivity index (χ1n) is 6.17. The minimum atomic E-state index is -1.08. The second-order valence-electron chi connectivity index (χ2n) is 4.29. The number of carboxylic acids is 1. The summed E-state index contributed by atoms with van der Waals surface area (Å²) in [7, 11) is 0. The standard InChI is InChI=1S/C15H13FN2O3/c16-12-5-3-10(4-6-14(19)20)8-11(12)9-18-15(21)13-2-1-7-17-13/h1-8,17H,9H2,(H,18,21)(H,19,20). The molecule has 1 heterocycles. The molecule has 3 N–H and O–H groups in total. The molecule has 0 aliphatic rings. The van der Waals surface area contributed by atoms with Crippen molar-refractivity contribution in [3.05, 3.63) is 65.2 Å². The van der Waals surface area contributed by atoms with Crippen LogP contribution in [0.25, 0.3) is 6.08 Å². The minimum Gasteiger partial charge on any atom is -0.478 e. The summed E-state index contributed by atoms with van der Waals surface area (Å²) in [6, 6.07) is 7.48. The highest BCUT2D eigenvalue weighted by Gasteiger charge is 2.08. The highest BCUT2D eigenvalue weighted by Crippen LogP contribution is 2.12. The first kappa shape index (κ1) is 14.5. The quantitative estimate of drug-likeness (QED) is 0.737. The van der Waals surface area contributed by atoms with E-state index in [2.05, 4.69) is 10.3 Å². The number of halogens is 1. The fourth-order valence-corrected chi connectivity index (χ4v) is 1.74. The molecule has 0 saturated heterocycles. The maximum absolute atomic E-state index is 13.7. The van der Waals surface area contributed by atoms with E-state index >= 15 is 0 Å². The molecule has 0 saturated carbocycles. The lowest BCUT2D eigenvalue weighted by atomic mass is 10.1. The molecule has 2 rings (SSSR count). The summed E-state index contributed by atoms with van der Waals surface area (Å²) in [5.41, 5.74) is 1.21. The number of aliphatic carboxylic acids is 1. The molecule has 1 aromatic heterocycles. The zero-order valence-electron chi connectivity index (χ0n) is 11.0. The Kier molecular flexibility index (Phi) is 4.50. The van der Waals surface area contributed by atoms with E-state index in [9.17, 15) is 14.0 Å². The van der Waals surface area contributed by atoms with Crippen LogP contribution in [-0.2, 0) is 11.3 Å². The SMILES string of the molecule is O=C(O)C=Cc1ccc(F)c(CNC(=O)c2ccc[nH]2)c1. The van der Waals surface area contributed by atoms with Gasteiger partial charge in [-0.1, -0.05) is 6.07 Å². The monoisotopic (exact) mass is 288 g/mol. The molecule has 108 valence electrons. The van der Waals surface area contributed by atoms with E-state index in [-0.39, 0.29) is 18.0 Å². The van der Waals surface area contributed by atoms with Gasteiger partial charge in [0.1, 0.15) is 11.5 Å². The van der Waals surface area contributed by atoms with Gasteiger partial charge in [-0.05, 0) is 35.9 Å². The van der Waals surface area contributed by atoms with Crippen molar-refractivity contribution >= 4 is 18.0 Å².